The Balaban J connectivity index is 1.60. The lowest BCUT2D eigenvalue weighted by molar-refractivity contribution is -0.0272. The van der Waals surface area contributed by atoms with Gasteiger partial charge in [0.05, 0.1) is 19.3 Å². The second-order valence-electron chi connectivity index (χ2n) is 4.87. The number of hydrogen-bond donors (Lipinski definition) is 1. The molecule has 1 aromatic carbocycles. The first kappa shape index (κ1) is 14.3. The Kier molecular flexibility index (Phi) is 6.14. The third-order valence-electron chi connectivity index (χ3n) is 3.29. The fraction of sp³-hybridized carbons (Fsp3) is 0.600. The number of hydrogen-bond acceptors (Lipinski definition) is 4. The average molecular weight is 264 g/mol. The van der Waals surface area contributed by atoms with E-state index in [2.05, 4.69) is 10.2 Å². The SMILES string of the molecule is CNCC1CN(CCCOc2ccccc2)CCO1. The van der Waals surface area contributed by atoms with Crippen LogP contribution in [-0.4, -0.2) is 57.4 Å². The Morgan fingerprint density at radius 3 is 3.00 bits per heavy atom. The molecule has 1 saturated heterocycles. The van der Waals surface area contributed by atoms with Crippen LogP contribution in [-0.2, 0) is 4.74 Å². The molecule has 1 aliphatic rings. The van der Waals surface area contributed by atoms with Crippen molar-refractivity contribution in [3.8, 4) is 5.75 Å². The van der Waals surface area contributed by atoms with Gasteiger partial charge in [0.1, 0.15) is 5.75 Å². The Morgan fingerprint density at radius 2 is 2.21 bits per heavy atom. The van der Waals surface area contributed by atoms with Gasteiger partial charge in [0.2, 0.25) is 0 Å². The van der Waals surface area contributed by atoms with E-state index in [1.807, 2.05) is 37.4 Å². The fourth-order valence-electron chi connectivity index (χ4n) is 2.33. The molecule has 1 aliphatic heterocycles. The van der Waals surface area contributed by atoms with E-state index < -0.39 is 0 Å². The Labute approximate surface area is 115 Å². The van der Waals surface area contributed by atoms with Crippen LogP contribution >= 0.6 is 0 Å². The van der Waals surface area contributed by atoms with Gasteiger partial charge in [0.25, 0.3) is 0 Å². The predicted molar refractivity (Wildman–Crippen MR) is 76.7 cm³/mol. The van der Waals surface area contributed by atoms with Gasteiger partial charge in [-0.1, -0.05) is 18.2 Å². The Bertz CT molecular complexity index is 343. The number of para-hydroxylation sites is 1. The molecule has 19 heavy (non-hydrogen) atoms. The highest BCUT2D eigenvalue weighted by atomic mass is 16.5. The van der Waals surface area contributed by atoms with Crippen LogP contribution in [0.5, 0.6) is 5.75 Å². The second kappa shape index (κ2) is 8.15. The number of ether oxygens (including phenoxy) is 2. The van der Waals surface area contributed by atoms with Gasteiger partial charge < -0.3 is 14.8 Å². The van der Waals surface area contributed by atoms with Gasteiger partial charge in [-0.2, -0.15) is 0 Å². The molecule has 1 N–H and O–H groups in total. The summed E-state index contributed by atoms with van der Waals surface area (Å²) in [5, 5.41) is 3.17. The molecular weight excluding hydrogens is 240 g/mol. The molecule has 2 rings (SSSR count). The van der Waals surface area contributed by atoms with Crippen molar-refractivity contribution in [1.82, 2.24) is 10.2 Å². The van der Waals surface area contributed by atoms with Crippen molar-refractivity contribution in [2.24, 2.45) is 0 Å². The van der Waals surface area contributed by atoms with Crippen molar-refractivity contribution in [2.75, 3.05) is 46.4 Å². The van der Waals surface area contributed by atoms with Crippen LogP contribution in [0.2, 0.25) is 0 Å². The van der Waals surface area contributed by atoms with Crippen LogP contribution < -0.4 is 10.1 Å². The lowest BCUT2D eigenvalue weighted by Gasteiger charge is -2.32. The molecule has 106 valence electrons. The summed E-state index contributed by atoms with van der Waals surface area (Å²) >= 11 is 0. The predicted octanol–water partition coefficient (Wildman–Crippen LogP) is 1.38. The zero-order valence-electron chi connectivity index (χ0n) is 11.7. The smallest absolute Gasteiger partial charge is 0.119 e. The average Bonchev–Trinajstić information content (AvgIpc) is 2.46. The molecule has 1 fully saturated rings. The third-order valence-corrected chi connectivity index (χ3v) is 3.29. The summed E-state index contributed by atoms with van der Waals surface area (Å²) in [5.74, 6) is 0.956. The summed E-state index contributed by atoms with van der Waals surface area (Å²) in [4.78, 5) is 2.46. The van der Waals surface area contributed by atoms with Crippen LogP contribution in [0.25, 0.3) is 0 Å². The van der Waals surface area contributed by atoms with Gasteiger partial charge in [-0.25, -0.2) is 0 Å². The minimum atomic E-state index is 0.328. The van der Waals surface area contributed by atoms with Gasteiger partial charge in [-0.3, -0.25) is 4.90 Å². The number of rotatable bonds is 7. The molecular formula is C15H24N2O2. The summed E-state index contributed by atoms with van der Waals surface area (Å²) in [6.45, 7) is 5.68. The van der Waals surface area contributed by atoms with Gasteiger partial charge >= 0.3 is 0 Å². The van der Waals surface area contributed by atoms with E-state index in [4.69, 9.17) is 9.47 Å². The molecule has 0 spiro atoms. The summed E-state index contributed by atoms with van der Waals surface area (Å²) in [7, 11) is 1.97. The van der Waals surface area contributed by atoms with Crippen molar-refractivity contribution < 1.29 is 9.47 Å². The first-order chi connectivity index (χ1) is 9.38. The lowest BCUT2D eigenvalue weighted by atomic mass is 10.2. The highest BCUT2D eigenvalue weighted by Gasteiger charge is 2.18. The highest BCUT2D eigenvalue weighted by molar-refractivity contribution is 5.20. The number of nitrogens with zero attached hydrogens (tertiary/aromatic N) is 1. The van der Waals surface area contributed by atoms with Crippen LogP contribution in [0.1, 0.15) is 6.42 Å². The van der Waals surface area contributed by atoms with Crippen molar-refractivity contribution in [1.29, 1.82) is 0 Å². The van der Waals surface area contributed by atoms with E-state index in [1.165, 1.54) is 0 Å². The molecule has 0 aliphatic carbocycles. The maximum absolute atomic E-state index is 5.70. The fourth-order valence-corrected chi connectivity index (χ4v) is 2.33. The quantitative estimate of drug-likeness (QED) is 0.754. The van der Waals surface area contributed by atoms with Crippen molar-refractivity contribution >= 4 is 0 Å². The van der Waals surface area contributed by atoms with Crippen LogP contribution in [0, 0.1) is 0 Å². The largest absolute Gasteiger partial charge is 0.494 e. The highest BCUT2D eigenvalue weighted by Crippen LogP contribution is 2.09. The molecule has 0 radical (unpaired) electrons. The molecule has 0 saturated carbocycles. The standard InChI is InChI=1S/C15H24N2O2/c1-16-12-15-13-17(9-11-19-15)8-5-10-18-14-6-3-2-4-7-14/h2-4,6-7,15-16H,5,8-13H2,1H3. The topological polar surface area (TPSA) is 33.7 Å². The molecule has 1 aromatic rings. The zero-order chi connectivity index (χ0) is 13.3. The molecule has 4 nitrogen and oxygen atoms in total. The van der Waals surface area contributed by atoms with Crippen LogP contribution in [0.4, 0.5) is 0 Å². The van der Waals surface area contributed by atoms with E-state index in [-0.39, 0.29) is 0 Å². The normalized spacial score (nSPS) is 20.4. The summed E-state index contributed by atoms with van der Waals surface area (Å²) in [6.07, 6.45) is 1.38. The van der Waals surface area contributed by atoms with Crippen molar-refractivity contribution in [3.63, 3.8) is 0 Å². The van der Waals surface area contributed by atoms with Crippen molar-refractivity contribution in [3.05, 3.63) is 30.3 Å². The lowest BCUT2D eigenvalue weighted by Crippen LogP contribution is -2.46. The van der Waals surface area contributed by atoms with Crippen molar-refractivity contribution in [2.45, 2.75) is 12.5 Å². The van der Waals surface area contributed by atoms with Crippen LogP contribution in [0.3, 0.4) is 0 Å². The monoisotopic (exact) mass is 264 g/mol. The second-order valence-corrected chi connectivity index (χ2v) is 4.87. The van der Waals surface area contributed by atoms with Crippen LogP contribution in [0.15, 0.2) is 30.3 Å². The molecule has 1 heterocycles. The first-order valence-corrected chi connectivity index (χ1v) is 7.05. The third kappa shape index (κ3) is 5.19. The van der Waals surface area contributed by atoms with Gasteiger partial charge in [-0.05, 0) is 25.6 Å². The van der Waals surface area contributed by atoms with E-state index in [0.29, 0.717) is 6.10 Å². The maximum atomic E-state index is 5.70. The van der Waals surface area contributed by atoms with E-state index >= 15 is 0 Å². The summed E-state index contributed by atoms with van der Waals surface area (Å²) in [5.41, 5.74) is 0. The maximum Gasteiger partial charge on any atom is 0.119 e. The van der Waals surface area contributed by atoms with Gasteiger partial charge in [0.15, 0.2) is 0 Å². The molecule has 4 heteroatoms. The van der Waals surface area contributed by atoms with E-state index in [9.17, 15) is 0 Å². The molecule has 1 atom stereocenters. The molecule has 0 amide bonds. The molecule has 0 aromatic heterocycles. The summed E-state index contributed by atoms with van der Waals surface area (Å²) in [6, 6.07) is 10.00. The number of morpholine rings is 1. The summed E-state index contributed by atoms with van der Waals surface area (Å²) < 4.78 is 11.4. The van der Waals surface area contributed by atoms with Gasteiger partial charge in [-0.15, -0.1) is 0 Å². The molecule has 1 unspecified atom stereocenters. The Hall–Kier alpha value is -1.10. The molecule has 0 bridgehead atoms. The number of nitrogens with one attached hydrogen (secondary N) is 1. The number of benzene rings is 1. The van der Waals surface area contributed by atoms with Gasteiger partial charge in [0, 0.05) is 26.2 Å². The number of likely N-dealkylation sites (N-methyl/N-ethyl adjacent to an activating group) is 1. The minimum absolute atomic E-state index is 0.328. The van der Waals surface area contributed by atoms with E-state index in [0.717, 1.165) is 51.6 Å². The minimum Gasteiger partial charge on any atom is -0.494 e. The zero-order valence-corrected chi connectivity index (χ0v) is 11.7. The Morgan fingerprint density at radius 1 is 1.37 bits per heavy atom. The van der Waals surface area contributed by atoms with E-state index in [1.54, 1.807) is 0 Å². The first-order valence-electron chi connectivity index (χ1n) is 7.05.